The van der Waals surface area contributed by atoms with Crippen LogP contribution in [0.4, 0.5) is 4.39 Å². The Bertz CT molecular complexity index is 1260. The molecule has 0 amide bonds. The van der Waals surface area contributed by atoms with Gasteiger partial charge in [0.25, 0.3) is 0 Å². The quantitative estimate of drug-likeness (QED) is 0.335. The molecule has 0 unspecified atom stereocenters. The minimum absolute atomic E-state index is 0.0602. The largest absolute Gasteiger partial charge is 0.282 e. The Labute approximate surface area is 204 Å². The summed E-state index contributed by atoms with van der Waals surface area (Å²) in [5.41, 5.74) is 1.08. The highest BCUT2D eigenvalue weighted by atomic mass is 35.5. The number of aromatic nitrogens is 3. The Hall–Kier alpha value is -2.46. The van der Waals surface area contributed by atoms with Crippen LogP contribution in [0.2, 0.25) is 15.1 Å². The molecule has 0 fully saturated rings. The number of benzene rings is 2. The third-order valence-electron chi connectivity index (χ3n) is 4.59. The number of hydrogen-bond acceptors (Lipinski definition) is 5. The SMILES string of the molecule is N#CCCN(CCC#N)Cn1nc(-c2ccc(Cl)cc2Cl)n(-c2ccc(F)c(Cl)c2)c1=S. The lowest BCUT2D eigenvalue weighted by atomic mass is 10.2. The molecule has 3 rings (SSSR count). The molecule has 1 aromatic heterocycles. The van der Waals surface area contributed by atoms with Crippen LogP contribution in [0.1, 0.15) is 12.8 Å². The van der Waals surface area contributed by atoms with E-state index >= 15 is 0 Å². The van der Waals surface area contributed by atoms with E-state index in [4.69, 9.17) is 57.5 Å². The van der Waals surface area contributed by atoms with Gasteiger partial charge in [0.2, 0.25) is 4.77 Å². The number of rotatable bonds is 8. The maximum Gasteiger partial charge on any atom is 0.204 e. The van der Waals surface area contributed by atoms with E-state index < -0.39 is 5.82 Å². The maximum atomic E-state index is 13.8. The summed E-state index contributed by atoms with van der Waals surface area (Å²) in [7, 11) is 0. The summed E-state index contributed by atoms with van der Waals surface area (Å²) in [6.45, 7) is 1.15. The van der Waals surface area contributed by atoms with Gasteiger partial charge in [-0.05, 0) is 48.6 Å². The van der Waals surface area contributed by atoms with Gasteiger partial charge in [-0.2, -0.15) is 10.5 Å². The van der Waals surface area contributed by atoms with Crippen molar-refractivity contribution in [1.82, 2.24) is 19.2 Å². The van der Waals surface area contributed by atoms with Crippen LogP contribution in [0.5, 0.6) is 0 Å². The molecule has 0 saturated carbocycles. The molecule has 0 aliphatic heterocycles. The summed E-state index contributed by atoms with van der Waals surface area (Å²) in [4.78, 5) is 1.91. The Kier molecular flexibility index (Phi) is 8.25. The van der Waals surface area contributed by atoms with Crippen LogP contribution in [0, 0.1) is 33.3 Å². The van der Waals surface area contributed by atoms with E-state index in [0.29, 0.717) is 57.8 Å². The highest BCUT2D eigenvalue weighted by molar-refractivity contribution is 7.71. The van der Waals surface area contributed by atoms with Crippen LogP contribution in [0.3, 0.4) is 0 Å². The minimum Gasteiger partial charge on any atom is -0.282 e. The molecular weight excluding hydrogens is 494 g/mol. The Balaban J connectivity index is 2.15. The molecule has 1 heterocycles. The first-order chi connectivity index (χ1) is 15.3. The molecule has 6 nitrogen and oxygen atoms in total. The molecular formula is C21H16Cl3FN6S. The molecule has 0 N–H and O–H groups in total. The predicted molar refractivity (Wildman–Crippen MR) is 125 cm³/mol. The summed E-state index contributed by atoms with van der Waals surface area (Å²) in [5, 5.41) is 23.3. The molecule has 0 aliphatic carbocycles. The normalized spacial score (nSPS) is 10.8. The van der Waals surface area contributed by atoms with Crippen molar-refractivity contribution in [2.75, 3.05) is 13.1 Å². The molecule has 0 atom stereocenters. The fraction of sp³-hybridized carbons (Fsp3) is 0.238. The van der Waals surface area contributed by atoms with Gasteiger partial charge in [-0.3, -0.25) is 9.47 Å². The van der Waals surface area contributed by atoms with Gasteiger partial charge in [0.1, 0.15) is 5.82 Å². The number of nitrogens with zero attached hydrogens (tertiary/aromatic N) is 6. The van der Waals surface area contributed by atoms with Crippen molar-refractivity contribution in [1.29, 1.82) is 10.5 Å². The van der Waals surface area contributed by atoms with E-state index in [2.05, 4.69) is 17.2 Å². The Morgan fingerprint density at radius 1 is 1.00 bits per heavy atom. The van der Waals surface area contributed by atoms with E-state index in [1.807, 2.05) is 4.90 Å². The standard InChI is InChI=1S/C21H16Cl3FN6S/c22-14-3-5-16(17(23)11-14)20-28-30(13-29(9-1-7-26)10-2-8-27)21(32)31(20)15-4-6-19(25)18(24)12-15/h3-6,11-12H,1-2,9-10,13H2. The first-order valence-electron chi connectivity index (χ1n) is 9.42. The fourth-order valence-corrected chi connectivity index (χ4v) is 4.02. The summed E-state index contributed by atoms with van der Waals surface area (Å²) in [6.07, 6.45) is 0.589. The van der Waals surface area contributed by atoms with Crippen molar-refractivity contribution in [3.05, 3.63) is 62.1 Å². The first kappa shape index (κ1) is 24.2. The van der Waals surface area contributed by atoms with Crippen molar-refractivity contribution < 1.29 is 4.39 Å². The molecule has 0 saturated heterocycles. The average molecular weight is 510 g/mol. The van der Waals surface area contributed by atoms with E-state index in [1.165, 1.54) is 12.1 Å². The Morgan fingerprint density at radius 3 is 2.28 bits per heavy atom. The lowest BCUT2D eigenvalue weighted by molar-refractivity contribution is 0.214. The third kappa shape index (κ3) is 5.47. The topological polar surface area (TPSA) is 73.6 Å². The Morgan fingerprint density at radius 2 is 1.69 bits per heavy atom. The second kappa shape index (κ2) is 10.9. The van der Waals surface area contributed by atoms with Crippen LogP contribution in [0.25, 0.3) is 17.1 Å². The molecule has 164 valence electrons. The van der Waals surface area contributed by atoms with Crippen molar-refractivity contribution in [3.63, 3.8) is 0 Å². The van der Waals surface area contributed by atoms with Gasteiger partial charge in [-0.1, -0.05) is 34.8 Å². The predicted octanol–water partition coefficient (Wildman–Crippen LogP) is 6.26. The lowest BCUT2D eigenvalue weighted by Crippen LogP contribution is -2.29. The minimum atomic E-state index is -0.556. The second-order valence-electron chi connectivity index (χ2n) is 6.74. The third-order valence-corrected chi connectivity index (χ3v) is 5.82. The molecule has 0 radical (unpaired) electrons. The molecule has 0 bridgehead atoms. The zero-order valence-electron chi connectivity index (χ0n) is 16.6. The highest BCUT2D eigenvalue weighted by Gasteiger charge is 2.19. The monoisotopic (exact) mass is 508 g/mol. The van der Waals surface area contributed by atoms with Crippen molar-refractivity contribution in [2.24, 2.45) is 0 Å². The van der Waals surface area contributed by atoms with Gasteiger partial charge < -0.3 is 0 Å². The summed E-state index contributed by atoms with van der Waals surface area (Å²) < 4.78 is 17.3. The van der Waals surface area contributed by atoms with Gasteiger partial charge in [-0.15, -0.1) is 5.10 Å². The molecule has 2 aromatic carbocycles. The van der Waals surface area contributed by atoms with Crippen LogP contribution in [-0.2, 0) is 6.67 Å². The smallest absolute Gasteiger partial charge is 0.204 e. The molecule has 32 heavy (non-hydrogen) atoms. The van der Waals surface area contributed by atoms with Crippen molar-refractivity contribution >= 4 is 47.0 Å². The maximum absolute atomic E-state index is 13.8. The summed E-state index contributed by atoms with van der Waals surface area (Å²) in [6, 6.07) is 13.4. The van der Waals surface area contributed by atoms with E-state index in [1.54, 1.807) is 33.5 Å². The van der Waals surface area contributed by atoms with Crippen molar-refractivity contribution in [2.45, 2.75) is 19.5 Å². The van der Waals surface area contributed by atoms with Crippen LogP contribution >= 0.6 is 47.0 Å². The summed E-state index contributed by atoms with van der Waals surface area (Å²) in [5.74, 6) is -0.139. The van der Waals surface area contributed by atoms with Gasteiger partial charge in [0.05, 0.1) is 34.5 Å². The molecule has 3 aromatic rings. The van der Waals surface area contributed by atoms with Gasteiger partial charge in [0, 0.05) is 36.5 Å². The van der Waals surface area contributed by atoms with Gasteiger partial charge in [-0.25, -0.2) is 9.07 Å². The fourth-order valence-electron chi connectivity index (χ4n) is 3.06. The van der Waals surface area contributed by atoms with E-state index in [9.17, 15) is 4.39 Å². The summed E-state index contributed by atoms with van der Waals surface area (Å²) >= 11 is 24.2. The molecule has 0 aliphatic rings. The molecule has 0 spiro atoms. The van der Waals surface area contributed by atoms with E-state index in [-0.39, 0.29) is 11.7 Å². The molecule has 11 heteroatoms. The first-order valence-corrected chi connectivity index (χ1v) is 11.0. The van der Waals surface area contributed by atoms with Crippen LogP contribution in [-0.4, -0.2) is 32.3 Å². The van der Waals surface area contributed by atoms with Crippen LogP contribution in [0.15, 0.2) is 36.4 Å². The zero-order chi connectivity index (χ0) is 23.3. The van der Waals surface area contributed by atoms with Crippen LogP contribution < -0.4 is 0 Å². The van der Waals surface area contributed by atoms with E-state index in [0.717, 1.165) is 0 Å². The van der Waals surface area contributed by atoms with Crippen molar-refractivity contribution in [3.8, 4) is 29.2 Å². The number of halogens is 4. The lowest BCUT2D eigenvalue weighted by Gasteiger charge is -2.19. The number of hydrogen-bond donors (Lipinski definition) is 0. The second-order valence-corrected chi connectivity index (χ2v) is 8.36. The highest BCUT2D eigenvalue weighted by Crippen LogP contribution is 2.32. The average Bonchev–Trinajstić information content (AvgIpc) is 3.07. The van der Waals surface area contributed by atoms with Gasteiger partial charge >= 0.3 is 0 Å². The van der Waals surface area contributed by atoms with Gasteiger partial charge in [0.15, 0.2) is 5.82 Å². The zero-order valence-corrected chi connectivity index (χ0v) is 19.7. The number of nitriles is 2.